The number of ether oxygens (including phenoxy) is 3. The number of carbonyl (C=O) groups is 2. The third-order valence-corrected chi connectivity index (χ3v) is 4.84. The van der Waals surface area contributed by atoms with Crippen molar-refractivity contribution >= 4 is 23.6 Å². The van der Waals surface area contributed by atoms with Gasteiger partial charge in [0.05, 0.1) is 19.5 Å². The smallest absolute Gasteiger partial charge is 0.316 e. The molecule has 150 valence electrons. The molecular formula is C21H25NO5S. The predicted octanol–water partition coefficient (Wildman–Crippen LogP) is 3.39. The zero-order chi connectivity index (χ0) is 20.4. The summed E-state index contributed by atoms with van der Waals surface area (Å²) in [7, 11) is 3.28. The van der Waals surface area contributed by atoms with Crippen LogP contribution in [0, 0.1) is 0 Å². The minimum absolute atomic E-state index is 0.141. The van der Waals surface area contributed by atoms with Gasteiger partial charge in [0.1, 0.15) is 11.5 Å². The summed E-state index contributed by atoms with van der Waals surface area (Å²) in [4.78, 5) is 26.5. The molecule has 0 saturated heterocycles. The van der Waals surface area contributed by atoms with E-state index in [1.807, 2.05) is 55.5 Å². The van der Waals surface area contributed by atoms with Gasteiger partial charge in [-0.2, -0.15) is 0 Å². The fraction of sp³-hybridized carbons (Fsp3) is 0.333. The van der Waals surface area contributed by atoms with Gasteiger partial charge in [-0.3, -0.25) is 9.59 Å². The summed E-state index contributed by atoms with van der Waals surface area (Å²) in [6.45, 7) is 2.70. The maximum absolute atomic E-state index is 12.2. The van der Waals surface area contributed by atoms with Crippen LogP contribution in [0.2, 0.25) is 0 Å². The number of amides is 1. The molecule has 0 unspecified atom stereocenters. The van der Waals surface area contributed by atoms with E-state index in [1.165, 1.54) is 16.7 Å². The first-order valence-electron chi connectivity index (χ1n) is 8.90. The van der Waals surface area contributed by atoms with Crippen molar-refractivity contribution < 1.29 is 23.8 Å². The zero-order valence-electron chi connectivity index (χ0n) is 16.3. The molecular weight excluding hydrogens is 378 g/mol. The summed E-state index contributed by atoms with van der Waals surface area (Å²) in [5, 5.41) is 0. The molecule has 0 aliphatic rings. The first-order chi connectivity index (χ1) is 13.5. The van der Waals surface area contributed by atoms with Crippen LogP contribution >= 0.6 is 11.8 Å². The molecule has 0 heterocycles. The number of methoxy groups -OCH3 is 1. The van der Waals surface area contributed by atoms with E-state index in [4.69, 9.17) is 14.2 Å². The maximum atomic E-state index is 12.2. The van der Waals surface area contributed by atoms with Crippen LogP contribution in [-0.4, -0.2) is 49.9 Å². The lowest BCUT2D eigenvalue weighted by Gasteiger charge is -2.17. The lowest BCUT2D eigenvalue weighted by molar-refractivity contribution is -0.149. The Morgan fingerprint density at radius 3 is 2.25 bits per heavy atom. The van der Waals surface area contributed by atoms with E-state index in [0.717, 1.165) is 22.0 Å². The lowest BCUT2D eigenvalue weighted by atomic mass is 10.2. The molecule has 2 rings (SSSR count). The number of thioether (sulfide) groups is 1. The largest absolute Gasteiger partial charge is 0.497 e. The minimum Gasteiger partial charge on any atom is -0.497 e. The molecule has 0 aliphatic carbocycles. The van der Waals surface area contributed by atoms with E-state index < -0.39 is 5.97 Å². The second-order valence-electron chi connectivity index (χ2n) is 5.95. The number of nitrogens with zero attached hydrogens (tertiary/aromatic N) is 1. The third kappa shape index (κ3) is 7.15. The Balaban J connectivity index is 1.71. The van der Waals surface area contributed by atoms with Crippen molar-refractivity contribution in [3.63, 3.8) is 0 Å². The van der Waals surface area contributed by atoms with Crippen LogP contribution in [0.15, 0.2) is 53.4 Å². The van der Waals surface area contributed by atoms with Crippen LogP contribution in [0.25, 0.3) is 0 Å². The lowest BCUT2D eigenvalue weighted by Crippen LogP contribution is -2.31. The van der Waals surface area contributed by atoms with Gasteiger partial charge < -0.3 is 19.1 Å². The van der Waals surface area contributed by atoms with E-state index in [-0.39, 0.29) is 18.3 Å². The normalized spacial score (nSPS) is 10.2. The number of carbonyl (C=O) groups excluding carboxylic acids is 2. The maximum Gasteiger partial charge on any atom is 0.316 e. The van der Waals surface area contributed by atoms with E-state index in [9.17, 15) is 9.59 Å². The SMILES string of the molecule is CCOc1ccc(CN(C)C(=O)COC(=O)CSc2ccc(OC)cc2)cc1. The molecule has 0 saturated carbocycles. The van der Waals surface area contributed by atoms with Crippen molar-refractivity contribution in [2.45, 2.75) is 18.4 Å². The Bertz CT molecular complexity index is 761. The summed E-state index contributed by atoms with van der Waals surface area (Å²) in [5.74, 6) is 1.01. The highest BCUT2D eigenvalue weighted by molar-refractivity contribution is 8.00. The van der Waals surface area contributed by atoms with Gasteiger partial charge in [-0.25, -0.2) is 0 Å². The quantitative estimate of drug-likeness (QED) is 0.448. The summed E-state index contributed by atoms with van der Waals surface area (Å²) in [6.07, 6.45) is 0. The minimum atomic E-state index is -0.427. The van der Waals surface area contributed by atoms with Crippen LogP contribution in [-0.2, 0) is 20.9 Å². The van der Waals surface area contributed by atoms with Crippen LogP contribution in [0.1, 0.15) is 12.5 Å². The monoisotopic (exact) mass is 403 g/mol. The highest BCUT2D eigenvalue weighted by atomic mass is 32.2. The van der Waals surface area contributed by atoms with Gasteiger partial charge in [0.15, 0.2) is 6.61 Å². The van der Waals surface area contributed by atoms with E-state index in [0.29, 0.717) is 13.2 Å². The van der Waals surface area contributed by atoms with Crippen molar-refractivity contribution in [1.29, 1.82) is 0 Å². The third-order valence-electron chi connectivity index (χ3n) is 3.85. The first-order valence-corrected chi connectivity index (χ1v) is 9.88. The summed E-state index contributed by atoms with van der Waals surface area (Å²) in [5.41, 5.74) is 0.973. The van der Waals surface area contributed by atoms with Gasteiger partial charge in [-0.1, -0.05) is 12.1 Å². The number of esters is 1. The summed E-state index contributed by atoms with van der Waals surface area (Å²) >= 11 is 1.35. The molecule has 28 heavy (non-hydrogen) atoms. The number of hydrogen-bond donors (Lipinski definition) is 0. The topological polar surface area (TPSA) is 65.1 Å². The molecule has 2 aromatic carbocycles. The van der Waals surface area contributed by atoms with Crippen molar-refractivity contribution in [2.24, 2.45) is 0 Å². The van der Waals surface area contributed by atoms with Gasteiger partial charge in [-0.05, 0) is 48.9 Å². The molecule has 0 aromatic heterocycles. The van der Waals surface area contributed by atoms with Crippen molar-refractivity contribution in [3.05, 3.63) is 54.1 Å². The Labute approximate surface area is 169 Å². The average Bonchev–Trinajstić information content (AvgIpc) is 2.72. The molecule has 6 nitrogen and oxygen atoms in total. The summed E-state index contributed by atoms with van der Waals surface area (Å²) in [6, 6.07) is 14.9. The highest BCUT2D eigenvalue weighted by Crippen LogP contribution is 2.21. The predicted molar refractivity (Wildman–Crippen MR) is 109 cm³/mol. The van der Waals surface area contributed by atoms with Gasteiger partial charge in [0, 0.05) is 18.5 Å². The van der Waals surface area contributed by atoms with Crippen LogP contribution < -0.4 is 9.47 Å². The molecule has 0 atom stereocenters. The second-order valence-corrected chi connectivity index (χ2v) is 7.00. The molecule has 1 amide bonds. The number of hydrogen-bond acceptors (Lipinski definition) is 6. The Hall–Kier alpha value is -2.67. The molecule has 0 radical (unpaired) electrons. The molecule has 0 N–H and O–H groups in total. The van der Waals surface area contributed by atoms with Crippen LogP contribution in [0.5, 0.6) is 11.5 Å². The zero-order valence-corrected chi connectivity index (χ0v) is 17.2. The van der Waals surface area contributed by atoms with Crippen molar-refractivity contribution in [2.75, 3.05) is 33.1 Å². The van der Waals surface area contributed by atoms with Gasteiger partial charge in [0.2, 0.25) is 0 Å². The molecule has 2 aromatic rings. The standard InChI is InChI=1S/C21H25NO5S/c1-4-26-18-7-5-16(6-8-18)13-22(2)20(23)14-27-21(24)15-28-19-11-9-17(25-3)10-12-19/h5-12H,4,13-15H2,1-3H3. The van der Waals surface area contributed by atoms with Gasteiger partial charge in [0.25, 0.3) is 5.91 Å². The van der Waals surface area contributed by atoms with Gasteiger partial charge >= 0.3 is 5.97 Å². The van der Waals surface area contributed by atoms with Crippen molar-refractivity contribution in [3.8, 4) is 11.5 Å². The second kappa shape index (κ2) is 11.2. The molecule has 7 heteroatoms. The van der Waals surface area contributed by atoms with Crippen molar-refractivity contribution in [1.82, 2.24) is 4.90 Å². The highest BCUT2D eigenvalue weighted by Gasteiger charge is 2.13. The number of likely N-dealkylation sites (N-methyl/N-ethyl adjacent to an activating group) is 1. The Morgan fingerprint density at radius 1 is 1.00 bits per heavy atom. The average molecular weight is 404 g/mol. The Kier molecular flexibility index (Phi) is 8.68. The molecule has 0 spiro atoms. The van der Waals surface area contributed by atoms with Crippen LogP contribution in [0.3, 0.4) is 0 Å². The van der Waals surface area contributed by atoms with Gasteiger partial charge in [-0.15, -0.1) is 11.8 Å². The van der Waals surface area contributed by atoms with E-state index in [1.54, 1.807) is 14.2 Å². The van der Waals surface area contributed by atoms with E-state index >= 15 is 0 Å². The number of benzene rings is 2. The first kappa shape index (κ1) is 21.6. The molecule has 0 bridgehead atoms. The summed E-state index contributed by atoms with van der Waals surface area (Å²) < 4.78 is 15.6. The molecule has 0 fully saturated rings. The van der Waals surface area contributed by atoms with E-state index in [2.05, 4.69) is 0 Å². The fourth-order valence-electron chi connectivity index (χ4n) is 2.33. The van der Waals surface area contributed by atoms with Crippen LogP contribution in [0.4, 0.5) is 0 Å². The molecule has 0 aliphatic heterocycles. The fourth-order valence-corrected chi connectivity index (χ4v) is 3.02. The Morgan fingerprint density at radius 2 is 1.64 bits per heavy atom. The number of rotatable bonds is 10.